The van der Waals surface area contributed by atoms with Crippen molar-refractivity contribution in [1.29, 1.82) is 5.26 Å². The summed E-state index contributed by atoms with van der Waals surface area (Å²) in [4.78, 5) is 20.2. The van der Waals surface area contributed by atoms with Gasteiger partial charge in [0.25, 0.3) is 5.91 Å². The van der Waals surface area contributed by atoms with Gasteiger partial charge in [-0.15, -0.1) is 0 Å². The van der Waals surface area contributed by atoms with Gasteiger partial charge < -0.3 is 5.32 Å². The normalized spacial score (nSPS) is 9.74. The molecule has 2 rings (SSSR count). The largest absolute Gasteiger partial charge is 0.321 e. The average molecular weight is 252 g/mol. The van der Waals surface area contributed by atoms with E-state index in [1.54, 1.807) is 37.3 Å². The van der Waals surface area contributed by atoms with Crippen molar-refractivity contribution in [2.45, 2.75) is 13.8 Å². The number of hydrogen-bond acceptors (Lipinski definition) is 4. The molecule has 0 unspecified atom stereocenters. The van der Waals surface area contributed by atoms with Crippen LogP contribution in [0.15, 0.2) is 30.3 Å². The lowest BCUT2D eigenvalue weighted by Gasteiger charge is -2.05. The van der Waals surface area contributed by atoms with Gasteiger partial charge in [0.1, 0.15) is 11.5 Å². The number of aromatic nitrogens is 2. The first-order chi connectivity index (χ1) is 9.08. The number of anilines is 1. The lowest BCUT2D eigenvalue weighted by Crippen LogP contribution is -2.15. The van der Waals surface area contributed by atoms with E-state index in [0.29, 0.717) is 22.8 Å². The van der Waals surface area contributed by atoms with E-state index in [0.717, 1.165) is 5.69 Å². The maximum absolute atomic E-state index is 12.0. The van der Waals surface area contributed by atoms with E-state index >= 15 is 0 Å². The molecule has 0 atom stereocenters. The van der Waals surface area contributed by atoms with Gasteiger partial charge in [0.05, 0.1) is 11.6 Å². The summed E-state index contributed by atoms with van der Waals surface area (Å²) < 4.78 is 0. The zero-order valence-corrected chi connectivity index (χ0v) is 10.6. The number of carbonyl (C=O) groups excluding carboxylic acids is 1. The van der Waals surface area contributed by atoms with Crippen LogP contribution >= 0.6 is 0 Å². The van der Waals surface area contributed by atoms with Gasteiger partial charge in [-0.25, -0.2) is 9.97 Å². The van der Waals surface area contributed by atoms with Crippen LogP contribution in [0.2, 0.25) is 0 Å². The van der Waals surface area contributed by atoms with Crippen LogP contribution in [-0.4, -0.2) is 15.9 Å². The molecule has 0 aliphatic carbocycles. The fourth-order valence-corrected chi connectivity index (χ4v) is 1.66. The van der Waals surface area contributed by atoms with Gasteiger partial charge in [-0.2, -0.15) is 5.26 Å². The standard InChI is InChI=1S/C14H12N4O/c1-9-7-13(17-10(2)16-9)14(19)18-12-5-3-11(8-15)4-6-12/h3-7H,1-2H3,(H,18,19). The number of amides is 1. The Morgan fingerprint density at radius 1 is 1.21 bits per heavy atom. The summed E-state index contributed by atoms with van der Waals surface area (Å²) >= 11 is 0. The van der Waals surface area contributed by atoms with Gasteiger partial charge in [0.15, 0.2) is 0 Å². The molecule has 0 aliphatic heterocycles. The maximum Gasteiger partial charge on any atom is 0.274 e. The Balaban J connectivity index is 2.18. The number of aryl methyl sites for hydroxylation is 2. The second kappa shape index (κ2) is 5.27. The molecule has 5 heteroatoms. The van der Waals surface area contributed by atoms with Crippen LogP contribution in [0.3, 0.4) is 0 Å². The molecule has 0 bridgehead atoms. The summed E-state index contributed by atoms with van der Waals surface area (Å²) in [5.41, 5.74) is 2.25. The smallest absolute Gasteiger partial charge is 0.274 e. The summed E-state index contributed by atoms with van der Waals surface area (Å²) in [6.07, 6.45) is 0. The number of hydrogen-bond donors (Lipinski definition) is 1. The minimum absolute atomic E-state index is 0.293. The summed E-state index contributed by atoms with van der Waals surface area (Å²) in [5.74, 6) is 0.267. The molecule has 5 nitrogen and oxygen atoms in total. The van der Waals surface area contributed by atoms with Crippen molar-refractivity contribution in [2.24, 2.45) is 0 Å². The van der Waals surface area contributed by atoms with Gasteiger partial charge >= 0.3 is 0 Å². The summed E-state index contributed by atoms with van der Waals surface area (Å²) in [5, 5.41) is 11.4. The van der Waals surface area contributed by atoms with E-state index in [-0.39, 0.29) is 5.91 Å². The maximum atomic E-state index is 12.0. The van der Waals surface area contributed by atoms with Gasteiger partial charge in [-0.3, -0.25) is 4.79 Å². The number of benzene rings is 1. The molecule has 0 radical (unpaired) electrons. The van der Waals surface area contributed by atoms with E-state index in [4.69, 9.17) is 5.26 Å². The Morgan fingerprint density at radius 3 is 2.47 bits per heavy atom. The molecule has 0 fully saturated rings. The molecule has 1 N–H and O–H groups in total. The number of carbonyl (C=O) groups is 1. The molecular formula is C14H12N4O. The Morgan fingerprint density at radius 2 is 1.89 bits per heavy atom. The van der Waals surface area contributed by atoms with Crippen LogP contribution in [0, 0.1) is 25.2 Å². The Bertz CT molecular complexity index is 636. The predicted molar refractivity (Wildman–Crippen MR) is 70.6 cm³/mol. The highest BCUT2D eigenvalue weighted by molar-refractivity contribution is 6.02. The van der Waals surface area contributed by atoms with Crippen LogP contribution in [0.25, 0.3) is 0 Å². The zero-order chi connectivity index (χ0) is 13.8. The predicted octanol–water partition coefficient (Wildman–Crippen LogP) is 2.22. The average Bonchev–Trinajstić information content (AvgIpc) is 2.38. The van der Waals surface area contributed by atoms with Gasteiger partial charge in [0.2, 0.25) is 0 Å². The van der Waals surface area contributed by atoms with Crippen LogP contribution in [-0.2, 0) is 0 Å². The van der Waals surface area contributed by atoms with E-state index in [2.05, 4.69) is 15.3 Å². The fraction of sp³-hybridized carbons (Fsp3) is 0.143. The molecule has 2 aromatic rings. The molecule has 1 amide bonds. The Kier molecular flexibility index (Phi) is 3.53. The van der Waals surface area contributed by atoms with Crippen LogP contribution in [0.4, 0.5) is 5.69 Å². The Hall–Kier alpha value is -2.74. The third-order valence-corrected chi connectivity index (χ3v) is 2.47. The highest BCUT2D eigenvalue weighted by Gasteiger charge is 2.09. The zero-order valence-electron chi connectivity index (χ0n) is 10.6. The molecule has 0 saturated heterocycles. The van der Waals surface area contributed by atoms with Crippen LogP contribution in [0.5, 0.6) is 0 Å². The van der Waals surface area contributed by atoms with Crippen LogP contribution in [0.1, 0.15) is 27.6 Å². The SMILES string of the molecule is Cc1cc(C(=O)Nc2ccc(C#N)cc2)nc(C)n1. The number of nitrogens with one attached hydrogen (secondary N) is 1. The minimum Gasteiger partial charge on any atom is -0.321 e. The lowest BCUT2D eigenvalue weighted by molar-refractivity contribution is 0.102. The quantitative estimate of drug-likeness (QED) is 0.888. The monoisotopic (exact) mass is 252 g/mol. The van der Waals surface area contributed by atoms with Crippen molar-refractivity contribution >= 4 is 11.6 Å². The molecule has 0 spiro atoms. The van der Waals surface area contributed by atoms with Crippen molar-refractivity contribution in [3.63, 3.8) is 0 Å². The number of rotatable bonds is 2. The molecule has 1 aromatic carbocycles. The van der Waals surface area contributed by atoms with Crippen LogP contribution < -0.4 is 5.32 Å². The Labute approximate surface area is 110 Å². The molecule has 1 aromatic heterocycles. The number of nitrogens with zero attached hydrogens (tertiary/aromatic N) is 3. The van der Waals surface area contributed by atoms with Crippen molar-refractivity contribution in [3.8, 4) is 6.07 Å². The molecular weight excluding hydrogens is 240 g/mol. The second-order valence-electron chi connectivity index (χ2n) is 4.09. The summed E-state index contributed by atoms with van der Waals surface area (Å²) in [7, 11) is 0. The molecule has 1 heterocycles. The molecule has 0 saturated carbocycles. The van der Waals surface area contributed by atoms with Crippen molar-refractivity contribution in [1.82, 2.24) is 9.97 Å². The summed E-state index contributed by atoms with van der Waals surface area (Å²) in [6.45, 7) is 3.55. The topological polar surface area (TPSA) is 78.7 Å². The first kappa shape index (κ1) is 12.7. The van der Waals surface area contributed by atoms with Gasteiger partial charge in [0, 0.05) is 11.4 Å². The fourth-order valence-electron chi connectivity index (χ4n) is 1.66. The molecule has 0 aliphatic rings. The second-order valence-corrected chi connectivity index (χ2v) is 4.09. The highest BCUT2D eigenvalue weighted by Crippen LogP contribution is 2.10. The highest BCUT2D eigenvalue weighted by atomic mass is 16.1. The van der Waals surface area contributed by atoms with E-state index in [1.807, 2.05) is 13.0 Å². The van der Waals surface area contributed by atoms with E-state index < -0.39 is 0 Å². The van der Waals surface area contributed by atoms with E-state index in [1.165, 1.54) is 0 Å². The third kappa shape index (κ3) is 3.13. The van der Waals surface area contributed by atoms with E-state index in [9.17, 15) is 4.79 Å². The third-order valence-electron chi connectivity index (χ3n) is 2.47. The summed E-state index contributed by atoms with van der Waals surface area (Å²) in [6, 6.07) is 10.3. The molecule has 94 valence electrons. The first-order valence-electron chi connectivity index (χ1n) is 5.72. The van der Waals surface area contributed by atoms with Gasteiger partial charge in [-0.05, 0) is 44.2 Å². The molecule has 19 heavy (non-hydrogen) atoms. The lowest BCUT2D eigenvalue weighted by atomic mass is 10.2. The van der Waals surface area contributed by atoms with Crippen molar-refractivity contribution in [3.05, 3.63) is 53.1 Å². The minimum atomic E-state index is -0.293. The number of nitriles is 1. The van der Waals surface area contributed by atoms with Gasteiger partial charge in [-0.1, -0.05) is 0 Å². The first-order valence-corrected chi connectivity index (χ1v) is 5.72. The van der Waals surface area contributed by atoms with Crippen molar-refractivity contribution < 1.29 is 4.79 Å². The van der Waals surface area contributed by atoms with Crippen molar-refractivity contribution in [2.75, 3.05) is 5.32 Å².